The Morgan fingerprint density at radius 2 is 1.64 bits per heavy atom. The van der Waals surface area contributed by atoms with Crippen LogP contribution in [0.15, 0.2) is 24.8 Å². The molecule has 0 spiro atoms. The minimum Gasteiger partial charge on any atom is -0.459 e. The van der Waals surface area contributed by atoms with Gasteiger partial charge in [-0.3, -0.25) is 19.8 Å². The SMILES string of the molecule is C=C(C)c1cccc(N(CC(=O)OC(C)(C)C)C(=O)OC(C)(C)C)c1[N+](=O)[O-]. The average Bonchev–Trinajstić information content (AvgIpc) is 2.48. The number of nitro benzene ring substituents is 1. The fourth-order valence-corrected chi connectivity index (χ4v) is 2.35. The maximum Gasteiger partial charge on any atom is 0.415 e. The molecule has 1 rings (SSSR count). The Morgan fingerprint density at radius 3 is 2.07 bits per heavy atom. The molecule has 0 atom stereocenters. The summed E-state index contributed by atoms with van der Waals surface area (Å²) in [5, 5.41) is 11.7. The van der Waals surface area contributed by atoms with Crippen molar-refractivity contribution >= 4 is 29.0 Å². The lowest BCUT2D eigenvalue weighted by molar-refractivity contribution is -0.384. The second kappa shape index (κ2) is 8.41. The number of ether oxygens (including phenoxy) is 2. The fraction of sp³-hybridized carbons (Fsp3) is 0.500. The molecule has 0 fully saturated rings. The van der Waals surface area contributed by atoms with E-state index in [0.717, 1.165) is 4.90 Å². The molecule has 0 heterocycles. The van der Waals surface area contributed by atoms with E-state index in [-0.39, 0.29) is 16.9 Å². The van der Waals surface area contributed by atoms with Crippen molar-refractivity contribution < 1.29 is 24.0 Å². The number of esters is 1. The number of rotatable bonds is 5. The first kappa shape index (κ1) is 23.1. The highest BCUT2D eigenvalue weighted by Crippen LogP contribution is 2.36. The highest BCUT2D eigenvalue weighted by molar-refractivity contribution is 5.97. The van der Waals surface area contributed by atoms with E-state index in [4.69, 9.17) is 9.47 Å². The van der Waals surface area contributed by atoms with Gasteiger partial charge in [0.1, 0.15) is 23.4 Å². The van der Waals surface area contributed by atoms with Gasteiger partial charge in [0.15, 0.2) is 0 Å². The maximum absolute atomic E-state index is 12.8. The van der Waals surface area contributed by atoms with Crippen molar-refractivity contribution in [1.29, 1.82) is 0 Å². The lowest BCUT2D eigenvalue weighted by Crippen LogP contribution is -2.42. The molecule has 0 aliphatic carbocycles. The number of nitrogens with zero attached hydrogens (tertiary/aromatic N) is 2. The maximum atomic E-state index is 12.8. The number of anilines is 1. The Bertz CT molecular complexity index is 787. The zero-order chi connectivity index (χ0) is 21.9. The summed E-state index contributed by atoms with van der Waals surface area (Å²) in [6.45, 7) is 14.9. The summed E-state index contributed by atoms with van der Waals surface area (Å²) in [5.41, 5.74) is -1.31. The van der Waals surface area contributed by atoms with Gasteiger partial charge in [0.25, 0.3) is 5.69 Å². The Morgan fingerprint density at radius 1 is 1.11 bits per heavy atom. The number of allylic oxidation sites excluding steroid dienone is 1. The van der Waals surface area contributed by atoms with Gasteiger partial charge < -0.3 is 9.47 Å². The highest BCUT2D eigenvalue weighted by Gasteiger charge is 2.33. The van der Waals surface area contributed by atoms with Gasteiger partial charge in [0.2, 0.25) is 0 Å². The number of hydrogen-bond donors (Lipinski definition) is 0. The summed E-state index contributed by atoms with van der Waals surface area (Å²) < 4.78 is 10.6. The van der Waals surface area contributed by atoms with Crippen molar-refractivity contribution in [2.75, 3.05) is 11.4 Å². The molecule has 0 aromatic heterocycles. The smallest absolute Gasteiger partial charge is 0.415 e. The molecular formula is C20H28N2O6. The molecule has 0 saturated carbocycles. The van der Waals surface area contributed by atoms with Gasteiger partial charge in [-0.05, 0) is 66.2 Å². The van der Waals surface area contributed by atoms with E-state index in [1.807, 2.05) is 0 Å². The molecule has 28 heavy (non-hydrogen) atoms. The molecule has 0 radical (unpaired) electrons. The van der Waals surface area contributed by atoms with Crippen molar-refractivity contribution in [3.8, 4) is 0 Å². The number of nitro groups is 1. The number of carbonyl (C=O) groups is 2. The van der Waals surface area contributed by atoms with Gasteiger partial charge in [-0.1, -0.05) is 12.6 Å². The molecule has 0 aliphatic rings. The summed E-state index contributed by atoms with van der Waals surface area (Å²) >= 11 is 0. The summed E-state index contributed by atoms with van der Waals surface area (Å²) in [6.07, 6.45) is -0.889. The molecule has 0 saturated heterocycles. The van der Waals surface area contributed by atoms with E-state index >= 15 is 0 Å². The van der Waals surface area contributed by atoms with E-state index in [0.29, 0.717) is 5.57 Å². The lowest BCUT2D eigenvalue weighted by atomic mass is 10.0. The van der Waals surface area contributed by atoms with Gasteiger partial charge in [0, 0.05) is 0 Å². The summed E-state index contributed by atoms with van der Waals surface area (Å²) in [6, 6.07) is 4.47. The molecule has 0 bridgehead atoms. The molecule has 0 N–H and O–H groups in total. The van der Waals surface area contributed by atoms with Crippen LogP contribution >= 0.6 is 0 Å². The third kappa shape index (κ3) is 6.68. The largest absolute Gasteiger partial charge is 0.459 e. The van der Waals surface area contributed by atoms with Gasteiger partial charge in [-0.2, -0.15) is 0 Å². The predicted molar refractivity (Wildman–Crippen MR) is 107 cm³/mol. The summed E-state index contributed by atoms with van der Waals surface area (Å²) in [5.74, 6) is -0.714. The second-order valence-corrected chi connectivity index (χ2v) is 8.36. The van der Waals surface area contributed by atoms with Crippen LogP contribution in [-0.2, 0) is 14.3 Å². The minimum atomic E-state index is -0.889. The summed E-state index contributed by atoms with van der Waals surface area (Å²) in [7, 11) is 0. The van der Waals surface area contributed by atoms with Crippen molar-refractivity contribution in [1.82, 2.24) is 0 Å². The molecule has 1 amide bonds. The zero-order valence-corrected chi connectivity index (χ0v) is 17.5. The van der Waals surface area contributed by atoms with Crippen molar-refractivity contribution in [3.63, 3.8) is 0 Å². The normalized spacial score (nSPS) is 11.5. The van der Waals surface area contributed by atoms with Crippen molar-refractivity contribution in [2.24, 2.45) is 0 Å². The van der Waals surface area contributed by atoms with Crippen LogP contribution in [0, 0.1) is 10.1 Å². The Balaban J connectivity index is 3.49. The predicted octanol–water partition coefficient (Wildman–Crippen LogP) is 4.71. The standard InChI is InChI=1S/C20H28N2O6/c1-13(2)14-10-9-11-15(17(14)22(25)26)21(18(24)28-20(6,7)8)12-16(23)27-19(3,4)5/h9-11H,1,12H2,2-8H3. The Kier molecular flexibility index (Phi) is 6.95. The first-order valence-corrected chi connectivity index (χ1v) is 8.78. The van der Waals surface area contributed by atoms with Crippen LogP contribution in [0.4, 0.5) is 16.2 Å². The molecule has 1 aromatic rings. The van der Waals surface area contributed by atoms with Gasteiger partial charge in [-0.15, -0.1) is 0 Å². The third-order valence-corrected chi connectivity index (χ3v) is 3.27. The number of hydrogen-bond acceptors (Lipinski definition) is 6. The average molecular weight is 392 g/mol. The van der Waals surface area contributed by atoms with E-state index in [2.05, 4.69) is 6.58 Å². The first-order chi connectivity index (χ1) is 12.6. The molecule has 0 unspecified atom stereocenters. The molecule has 8 heteroatoms. The van der Waals surface area contributed by atoms with Crippen LogP contribution in [0.25, 0.3) is 5.57 Å². The quantitative estimate of drug-likeness (QED) is 0.409. The van der Waals surface area contributed by atoms with Crippen LogP contribution in [0.5, 0.6) is 0 Å². The van der Waals surface area contributed by atoms with Crippen molar-refractivity contribution in [3.05, 3.63) is 40.5 Å². The fourth-order valence-electron chi connectivity index (χ4n) is 2.35. The third-order valence-electron chi connectivity index (χ3n) is 3.27. The van der Waals surface area contributed by atoms with E-state index < -0.39 is 34.7 Å². The van der Waals surface area contributed by atoms with Gasteiger partial charge >= 0.3 is 12.1 Å². The van der Waals surface area contributed by atoms with Crippen LogP contribution in [0.1, 0.15) is 54.0 Å². The molecule has 8 nitrogen and oxygen atoms in total. The number of carbonyl (C=O) groups excluding carboxylic acids is 2. The molecule has 1 aromatic carbocycles. The monoisotopic (exact) mass is 392 g/mol. The van der Waals surface area contributed by atoms with E-state index in [1.54, 1.807) is 54.5 Å². The van der Waals surface area contributed by atoms with Crippen molar-refractivity contribution in [2.45, 2.75) is 59.7 Å². The Hall–Kier alpha value is -2.90. The zero-order valence-electron chi connectivity index (χ0n) is 17.5. The highest BCUT2D eigenvalue weighted by atomic mass is 16.6. The van der Waals surface area contributed by atoms with E-state index in [1.165, 1.54) is 12.1 Å². The van der Waals surface area contributed by atoms with Crippen LogP contribution in [-0.4, -0.2) is 34.7 Å². The van der Waals surface area contributed by atoms with E-state index in [9.17, 15) is 19.7 Å². The number of benzene rings is 1. The Labute approximate surface area is 165 Å². The summed E-state index contributed by atoms with van der Waals surface area (Å²) in [4.78, 5) is 37.2. The number of para-hydroxylation sites is 1. The molecule has 0 aliphatic heterocycles. The topological polar surface area (TPSA) is 99.0 Å². The van der Waals surface area contributed by atoms with Gasteiger partial charge in [0.05, 0.1) is 10.5 Å². The van der Waals surface area contributed by atoms with Crippen LogP contribution < -0.4 is 4.90 Å². The lowest BCUT2D eigenvalue weighted by Gasteiger charge is -2.28. The molecule has 154 valence electrons. The first-order valence-electron chi connectivity index (χ1n) is 8.78. The number of amides is 1. The second-order valence-electron chi connectivity index (χ2n) is 8.36. The van der Waals surface area contributed by atoms with Gasteiger partial charge in [-0.25, -0.2) is 4.79 Å². The minimum absolute atomic E-state index is 0.0643. The van der Waals surface area contributed by atoms with Crippen LogP contribution in [0.3, 0.4) is 0 Å². The molecular weight excluding hydrogens is 364 g/mol. The van der Waals surface area contributed by atoms with Crippen LogP contribution in [0.2, 0.25) is 0 Å².